The van der Waals surface area contributed by atoms with E-state index in [1.165, 1.54) is 0 Å². The minimum Gasteiger partial charge on any atom is -0.488 e. The van der Waals surface area contributed by atoms with Crippen molar-refractivity contribution in [3.63, 3.8) is 0 Å². The van der Waals surface area contributed by atoms with Gasteiger partial charge in [0, 0.05) is 31.4 Å². The van der Waals surface area contributed by atoms with Crippen molar-refractivity contribution in [2.75, 3.05) is 0 Å². The van der Waals surface area contributed by atoms with Gasteiger partial charge in [-0.05, 0) is 47.4 Å². The van der Waals surface area contributed by atoms with Crippen molar-refractivity contribution in [2.24, 2.45) is 7.05 Å². The van der Waals surface area contributed by atoms with Crippen molar-refractivity contribution in [3.8, 4) is 16.9 Å². The molecule has 0 aliphatic carbocycles. The van der Waals surface area contributed by atoms with E-state index in [4.69, 9.17) is 4.74 Å². The van der Waals surface area contributed by atoms with E-state index < -0.39 is 0 Å². The molecule has 2 aromatic carbocycles. The number of benzene rings is 2. The summed E-state index contributed by atoms with van der Waals surface area (Å²) in [5, 5.41) is 11.9. The first kappa shape index (κ1) is 19.5. The van der Waals surface area contributed by atoms with E-state index in [1.54, 1.807) is 23.1 Å². The van der Waals surface area contributed by atoms with Gasteiger partial charge in [-0.15, -0.1) is 0 Å². The molecule has 0 aliphatic rings. The number of hydrogen-bond donors (Lipinski definition) is 0. The number of aryl methyl sites for hydroxylation is 2. The van der Waals surface area contributed by atoms with Crippen LogP contribution in [0.5, 0.6) is 5.75 Å². The van der Waals surface area contributed by atoms with Crippen LogP contribution in [0.1, 0.15) is 27.0 Å². The monoisotopic (exact) mass is 398 g/mol. The maximum absolute atomic E-state index is 13.1. The largest absolute Gasteiger partial charge is 0.488 e. The molecule has 0 atom stereocenters. The lowest BCUT2D eigenvalue weighted by molar-refractivity contribution is 0.0988. The van der Waals surface area contributed by atoms with Crippen molar-refractivity contribution >= 4 is 5.78 Å². The summed E-state index contributed by atoms with van der Waals surface area (Å²) in [5.74, 6) is 0.544. The van der Waals surface area contributed by atoms with E-state index in [9.17, 15) is 4.79 Å². The second-order valence-corrected chi connectivity index (χ2v) is 7.19. The molecule has 0 radical (unpaired) electrons. The highest BCUT2D eigenvalue weighted by molar-refractivity contribution is 6.01. The normalized spacial score (nSPS) is 10.7. The van der Waals surface area contributed by atoms with Crippen LogP contribution in [0.3, 0.4) is 0 Å². The summed E-state index contributed by atoms with van der Waals surface area (Å²) in [6.07, 6.45) is 7.20. The fourth-order valence-corrected chi connectivity index (χ4v) is 3.34. The Morgan fingerprint density at radius 1 is 1.03 bits per heavy atom. The lowest BCUT2D eigenvalue weighted by atomic mass is 9.96. The number of aromatic nitrogens is 4. The maximum atomic E-state index is 13.1. The predicted molar refractivity (Wildman–Crippen MR) is 114 cm³/mol. The summed E-state index contributed by atoms with van der Waals surface area (Å²) in [7, 11) is 1.88. The summed E-state index contributed by atoms with van der Waals surface area (Å²) < 4.78 is 7.89. The molecule has 2 heterocycles. The number of ether oxygens (including phenoxy) is 1. The van der Waals surface area contributed by atoms with Gasteiger partial charge in [-0.25, -0.2) is 0 Å². The van der Waals surface area contributed by atoms with Gasteiger partial charge in [-0.2, -0.15) is 15.3 Å². The van der Waals surface area contributed by atoms with Gasteiger partial charge in [0.2, 0.25) is 0 Å². The molecule has 0 spiro atoms. The molecule has 0 amide bonds. The van der Waals surface area contributed by atoms with Gasteiger partial charge in [-0.1, -0.05) is 30.3 Å². The summed E-state index contributed by atoms with van der Waals surface area (Å²) in [6.45, 7) is 2.38. The Hall–Kier alpha value is -3.80. The number of carbonyl (C=O) groups excluding carboxylic acids is 1. The van der Waals surface area contributed by atoms with Crippen LogP contribution in [0.25, 0.3) is 11.1 Å². The highest BCUT2D eigenvalue weighted by Crippen LogP contribution is 2.32. The van der Waals surface area contributed by atoms with Gasteiger partial charge in [0.1, 0.15) is 12.4 Å². The molecule has 0 saturated carbocycles. The van der Waals surface area contributed by atoms with Gasteiger partial charge < -0.3 is 4.74 Å². The smallest absolute Gasteiger partial charge is 0.171 e. The standard InChI is InChI=1S/C24H22N4O2/c1-17-10-22(23(29)11-19-8-9-25-26-13-19)24(30-16-18-6-4-3-5-7-18)12-21(17)20-14-27-28(2)15-20/h3-10,12-15H,11,16H2,1-2H3. The zero-order valence-corrected chi connectivity index (χ0v) is 16.9. The van der Waals surface area contributed by atoms with E-state index in [0.29, 0.717) is 17.9 Å². The average molecular weight is 398 g/mol. The van der Waals surface area contributed by atoms with Crippen LogP contribution in [0.4, 0.5) is 0 Å². The van der Waals surface area contributed by atoms with E-state index in [1.807, 2.05) is 68.8 Å². The van der Waals surface area contributed by atoms with Gasteiger partial charge in [0.15, 0.2) is 5.78 Å². The zero-order chi connectivity index (χ0) is 20.9. The third-order valence-electron chi connectivity index (χ3n) is 4.89. The van der Waals surface area contributed by atoms with E-state index in [2.05, 4.69) is 15.3 Å². The molecule has 150 valence electrons. The zero-order valence-electron chi connectivity index (χ0n) is 16.9. The molecule has 0 bridgehead atoms. The number of ketones is 1. The summed E-state index contributed by atoms with van der Waals surface area (Å²) in [4.78, 5) is 13.1. The summed E-state index contributed by atoms with van der Waals surface area (Å²) in [6, 6.07) is 15.5. The SMILES string of the molecule is Cc1cc(C(=O)Cc2ccnnc2)c(OCc2ccccc2)cc1-c1cnn(C)c1. The third-order valence-corrected chi connectivity index (χ3v) is 4.89. The minimum absolute atomic E-state index is 0.0214. The summed E-state index contributed by atoms with van der Waals surface area (Å²) >= 11 is 0. The van der Waals surface area contributed by atoms with Crippen molar-refractivity contribution in [2.45, 2.75) is 20.0 Å². The number of rotatable bonds is 7. The van der Waals surface area contributed by atoms with Gasteiger partial charge >= 0.3 is 0 Å². The molecule has 4 rings (SSSR count). The van der Waals surface area contributed by atoms with Crippen molar-refractivity contribution in [1.82, 2.24) is 20.0 Å². The highest BCUT2D eigenvalue weighted by atomic mass is 16.5. The Kier molecular flexibility index (Phi) is 5.66. The Bertz CT molecular complexity index is 1150. The lowest BCUT2D eigenvalue weighted by Gasteiger charge is -2.15. The molecule has 4 aromatic rings. The lowest BCUT2D eigenvalue weighted by Crippen LogP contribution is -2.08. The maximum Gasteiger partial charge on any atom is 0.171 e. The molecule has 2 aromatic heterocycles. The Morgan fingerprint density at radius 3 is 2.57 bits per heavy atom. The quantitative estimate of drug-likeness (QED) is 0.437. The van der Waals surface area contributed by atoms with Gasteiger partial charge in [-0.3, -0.25) is 9.48 Å². The minimum atomic E-state index is -0.0214. The molecule has 6 heteroatoms. The van der Waals surface area contributed by atoms with Gasteiger partial charge in [0.25, 0.3) is 0 Å². The third kappa shape index (κ3) is 4.43. The molecule has 0 aliphatic heterocycles. The number of hydrogen-bond acceptors (Lipinski definition) is 5. The fourth-order valence-electron chi connectivity index (χ4n) is 3.34. The second-order valence-electron chi connectivity index (χ2n) is 7.19. The van der Waals surface area contributed by atoms with Crippen molar-refractivity contribution in [1.29, 1.82) is 0 Å². The van der Waals surface area contributed by atoms with E-state index in [0.717, 1.165) is 27.8 Å². The molecule has 0 N–H and O–H groups in total. The average Bonchev–Trinajstić information content (AvgIpc) is 3.20. The molecule has 0 unspecified atom stereocenters. The van der Waals surface area contributed by atoms with Crippen LogP contribution >= 0.6 is 0 Å². The van der Waals surface area contributed by atoms with Crippen LogP contribution in [-0.4, -0.2) is 25.8 Å². The van der Waals surface area contributed by atoms with Crippen molar-refractivity contribution in [3.05, 3.63) is 95.6 Å². The molecule has 0 fully saturated rings. The van der Waals surface area contributed by atoms with Crippen LogP contribution in [0, 0.1) is 6.92 Å². The Morgan fingerprint density at radius 2 is 1.87 bits per heavy atom. The first-order valence-electron chi connectivity index (χ1n) is 9.69. The van der Waals surface area contributed by atoms with E-state index in [-0.39, 0.29) is 12.2 Å². The molecule has 6 nitrogen and oxygen atoms in total. The van der Waals surface area contributed by atoms with Crippen LogP contribution < -0.4 is 4.74 Å². The molecule has 30 heavy (non-hydrogen) atoms. The Labute approximate surface area is 175 Å². The van der Waals surface area contributed by atoms with Crippen LogP contribution in [0.15, 0.2) is 73.3 Å². The predicted octanol–water partition coefficient (Wildman–Crippen LogP) is 4.19. The fraction of sp³-hybridized carbons (Fsp3) is 0.167. The number of Topliss-reactive ketones (excluding diaryl/α,β-unsaturated/α-hetero) is 1. The van der Waals surface area contributed by atoms with E-state index >= 15 is 0 Å². The summed E-state index contributed by atoms with van der Waals surface area (Å²) in [5.41, 5.74) is 5.39. The van der Waals surface area contributed by atoms with Gasteiger partial charge in [0.05, 0.1) is 18.0 Å². The highest BCUT2D eigenvalue weighted by Gasteiger charge is 2.18. The second kappa shape index (κ2) is 8.69. The first-order valence-corrected chi connectivity index (χ1v) is 9.69. The van der Waals surface area contributed by atoms with Crippen LogP contribution in [0.2, 0.25) is 0 Å². The number of nitrogens with zero attached hydrogens (tertiary/aromatic N) is 4. The van der Waals surface area contributed by atoms with Crippen LogP contribution in [-0.2, 0) is 20.1 Å². The van der Waals surface area contributed by atoms with Crippen molar-refractivity contribution < 1.29 is 9.53 Å². The number of carbonyl (C=O) groups is 1. The Balaban J connectivity index is 1.69. The first-order chi connectivity index (χ1) is 14.6. The molecule has 0 saturated heterocycles. The molecular weight excluding hydrogens is 376 g/mol. The molecular formula is C24H22N4O2. The topological polar surface area (TPSA) is 69.9 Å².